The van der Waals surface area contributed by atoms with Gasteiger partial charge in [-0.15, -0.1) is 11.6 Å². The molecule has 0 amide bonds. The van der Waals surface area contributed by atoms with E-state index < -0.39 is 0 Å². The molecule has 4 nitrogen and oxygen atoms in total. The Morgan fingerprint density at radius 1 is 1.50 bits per heavy atom. The molecule has 0 saturated carbocycles. The molecule has 104 valence electrons. The van der Waals surface area contributed by atoms with Crippen LogP contribution < -0.4 is 5.32 Å². The van der Waals surface area contributed by atoms with Crippen LogP contribution in [-0.2, 0) is 24.2 Å². The molecule has 5 heteroatoms. The third kappa shape index (κ3) is 4.96. The Morgan fingerprint density at radius 2 is 2.28 bits per heavy atom. The topological polar surface area (TPSA) is 39.1 Å². The minimum Gasteiger partial charge on any atom is -0.383 e. The van der Waals surface area contributed by atoms with Gasteiger partial charge in [-0.1, -0.05) is 6.92 Å². The summed E-state index contributed by atoms with van der Waals surface area (Å²) in [6, 6.07) is 2.17. The summed E-state index contributed by atoms with van der Waals surface area (Å²) in [5.74, 6) is 0. The maximum atomic E-state index is 6.07. The molecular weight excluding hydrogens is 250 g/mol. The summed E-state index contributed by atoms with van der Waals surface area (Å²) in [7, 11) is 1.68. The van der Waals surface area contributed by atoms with Crippen LogP contribution >= 0.6 is 11.6 Å². The minimum atomic E-state index is 0.0878. The van der Waals surface area contributed by atoms with Gasteiger partial charge in [0, 0.05) is 20.2 Å². The number of halogens is 1. The van der Waals surface area contributed by atoms with Gasteiger partial charge in [0.2, 0.25) is 0 Å². The van der Waals surface area contributed by atoms with Crippen molar-refractivity contribution in [2.45, 2.75) is 45.2 Å². The quantitative estimate of drug-likeness (QED) is 0.554. The summed E-state index contributed by atoms with van der Waals surface area (Å²) in [6.07, 6.45) is 1.90. The fourth-order valence-electron chi connectivity index (χ4n) is 1.84. The number of methoxy groups -OCH3 is 1. The lowest BCUT2D eigenvalue weighted by Crippen LogP contribution is -2.21. The largest absolute Gasteiger partial charge is 0.383 e. The highest BCUT2D eigenvalue weighted by Gasteiger charge is 2.06. The number of ether oxygens (including phenoxy) is 1. The second kappa shape index (κ2) is 8.51. The zero-order valence-corrected chi connectivity index (χ0v) is 12.3. The predicted octanol–water partition coefficient (Wildman–Crippen LogP) is 2.20. The van der Waals surface area contributed by atoms with E-state index in [0.29, 0.717) is 6.61 Å². The molecule has 1 rings (SSSR count). The van der Waals surface area contributed by atoms with Gasteiger partial charge in [-0.25, -0.2) is 0 Å². The number of aryl methyl sites for hydroxylation is 2. The number of nitrogens with zero attached hydrogens (tertiary/aromatic N) is 2. The maximum Gasteiger partial charge on any atom is 0.0626 e. The molecule has 18 heavy (non-hydrogen) atoms. The van der Waals surface area contributed by atoms with E-state index in [2.05, 4.69) is 35.0 Å². The highest BCUT2D eigenvalue weighted by molar-refractivity contribution is 6.20. The Balaban J connectivity index is 2.32. The summed E-state index contributed by atoms with van der Waals surface area (Å²) in [5.41, 5.74) is 2.40. The first-order chi connectivity index (χ1) is 8.71. The van der Waals surface area contributed by atoms with Crippen molar-refractivity contribution in [3.05, 3.63) is 17.5 Å². The molecule has 1 N–H and O–H groups in total. The Hall–Kier alpha value is -0.580. The van der Waals surface area contributed by atoms with E-state index in [4.69, 9.17) is 16.3 Å². The first-order valence-corrected chi connectivity index (χ1v) is 7.04. The number of nitrogens with one attached hydrogen (secondary N) is 1. The molecule has 0 saturated heterocycles. The van der Waals surface area contributed by atoms with Crippen LogP contribution in [0.3, 0.4) is 0 Å². The van der Waals surface area contributed by atoms with Crippen LogP contribution in [0.1, 0.15) is 31.7 Å². The van der Waals surface area contributed by atoms with Gasteiger partial charge in [-0.05, 0) is 32.4 Å². The average Bonchev–Trinajstić information content (AvgIpc) is 2.77. The van der Waals surface area contributed by atoms with E-state index >= 15 is 0 Å². The smallest absolute Gasteiger partial charge is 0.0626 e. The van der Waals surface area contributed by atoms with Crippen LogP contribution in [0.25, 0.3) is 0 Å². The lowest BCUT2D eigenvalue weighted by Gasteiger charge is -2.09. The first-order valence-electron chi connectivity index (χ1n) is 6.60. The van der Waals surface area contributed by atoms with Gasteiger partial charge >= 0.3 is 0 Å². The van der Waals surface area contributed by atoms with Gasteiger partial charge in [0.15, 0.2) is 0 Å². The highest BCUT2D eigenvalue weighted by Crippen LogP contribution is 2.06. The lowest BCUT2D eigenvalue weighted by atomic mass is 10.3. The molecule has 1 heterocycles. The van der Waals surface area contributed by atoms with E-state index in [9.17, 15) is 0 Å². The Morgan fingerprint density at radius 3 is 2.89 bits per heavy atom. The number of hydrogen-bond acceptors (Lipinski definition) is 3. The second-order valence-electron chi connectivity index (χ2n) is 4.31. The SMILES string of the molecule is CCc1cc(CNCCC(Cl)COC)n(CC)n1. The molecule has 0 aliphatic carbocycles. The highest BCUT2D eigenvalue weighted by atomic mass is 35.5. The van der Waals surface area contributed by atoms with Gasteiger partial charge in [0.05, 0.1) is 23.4 Å². The molecule has 1 aromatic rings. The minimum absolute atomic E-state index is 0.0878. The molecule has 1 unspecified atom stereocenters. The van der Waals surface area contributed by atoms with Crippen molar-refractivity contribution in [1.82, 2.24) is 15.1 Å². The van der Waals surface area contributed by atoms with Crippen molar-refractivity contribution < 1.29 is 4.74 Å². The van der Waals surface area contributed by atoms with Gasteiger partial charge in [0.1, 0.15) is 0 Å². The third-order valence-electron chi connectivity index (χ3n) is 2.86. The van der Waals surface area contributed by atoms with Crippen molar-refractivity contribution in [1.29, 1.82) is 0 Å². The molecule has 0 fully saturated rings. The van der Waals surface area contributed by atoms with Crippen molar-refractivity contribution in [2.24, 2.45) is 0 Å². The number of aromatic nitrogens is 2. The van der Waals surface area contributed by atoms with Gasteiger partial charge in [-0.3, -0.25) is 4.68 Å². The zero-order chi connectivity index (χ0) is 13.4. The molecule has 1 atom stereocenters. The molecule has 0 aliphatic heterocycles. The van der Waals surface area contributed by atoms with Crippen LogP contribution in [0.4, 0.5) is 0 Å². The first kappa shape index (κ1) is 15.5. The van der Waals surface area contributed by atoms with E-state index in [0.717, 1.165) is 38.2 Å². The van der Waals surface area contributed by atoms with E-state index in [1.54, 1.807) is 7.11 Å². The number of rotatable bonds is 9. The Bertz CT molecular complexity index is 341. The zero-order valence-electron chi connectivity index (χ0n) is 11.6. The Kier molecular flexibility index (Phi) is 7.32. The van der Waals surface area contributed by atoms with Crippen LogP contribution in [0.2, 0.25) is 0 Å². The van der Waals surface area contributed by atoms with E-state index in [1.807, 2.05) is 0 Å². The van der Waals surface area contributed by atoms with Crippen molar-refractivity contribution in [3.8, 4) is 0 Å². The second-order valence-corrected chi connectivity index (χ2v) is 4.93. The summed E-state index contributed by atoms with van der Waals surface area (Å²) in [4.78, 5) is 0. The van der Waals surface area contributed by atoms with Crippen molar-refractivity contribution in [3.63, 3.8) is 0 Å². The molecular formula is C13H24ClN3O. The standard InChI is InChI=1S/C13H24ClN3O/c1-4-12-8-13(17(5-2)16-12)9-15-7-6-11(14)10-18-3/h8,11,15H,4-7,9-10H2,1-3H3. The predicted molar refractivity (Wildman–Crippen MR) is 75.1 cm³/mol. The van der Waals surface area contributed by atoms with Crippen LogP contribution in [0.5, 0.6) is 0 Å². The molecule has 0 aromatic carbocycles. The summed E-state index contributed by atoms with van der Waals surface area (Å²) >= 11 is 6.07. The van der Waals surface area contributed by atoms with Crippen LogP contribution in [-0.4, -0.2) is 35.4 Å². The molecule has 1 aromatic heterocycles. The average molecular weight is 274 g/mol. The molecule has 0 radical (unpaired) electrons. The molecule has 0 spiro atoms. The number of hydrogen-bond donors (Lipinski definition) is 1. The molecule has 0 aliphatic rings. The van der Waals surface area contributed by atoms with Gasteiger partial charge in [0.25, 0.3) is 0 Å². The van der Waals surface area contributed by atoms with E-state index in [-0.39, 0.29) is 5.38 Å². The van der Waals surface area contributed by atoms with Crippen molar-refractivity contribution in [2.75, 3.05) is 20.3 Å². The summed E-state index contributed by atoms with van der Waals surface area (Å²) in [5, 5.41) is 8.01. The molecule has 0 bridgehead atoms. The normalized spacial score (nSPS) is 12.9. The van der Waals surface area contributed by atoms with Crippen molar-refractivity contribution >= 4 is 11.6 Å². The third-order valence-corrected chi connectivity index (χ3v) is 3.21. The summed E-state index contributed by atoms with van der Waals surface area (Å²) in [6.45, 7) is 7.51. The summed E-state index contributed by atoms with van der Waals surface area (Å²) < 4.78 is 7.05. The fourth-order valence-corrected chi connectivity index (χ4v) is 2.08. The maximum absolute atomic E-state index is 6.07. The lowest BCUT2D eigenvalue weighted by molar-refractivity contribution is 0.195. The van der Waals surface area contributed by atoms with Crippen LogP contribution in [0.15, 0.2) is 6.07 Å². The number of alkyl halides is 1. The van der Waals surface area contributed by atoms with Crippen LogP contribution in [0, 0.1) is 0 Å². The van der Waals surface area contributed by atoms with E-state index in [1.165, 1.54) is 5.69 Å². The van der Waals surface area contributed by atoms with Gasteiger partial charge in [-0.2, -0.15) is 5.10 Å². The fraction of sp³-hybridized carbons (Fsp3) is 0.769. The monoisotopic (exact) mass is 273 g/mol. The Labute approximate surface area is 115 Å². The van der Waals surface area contributed by atoms with Gasteiger partial charge < -0.3 is 10.1 Å².